The van der Waals surface area contributed by atoms with Crippen LogP contribution >= 0.6 is 0 Å². The molecule has 3 aromatic carbocycles. The van der Waals surface area contributed by atoms with Crippen LogP contribution in [0.15, 0.2) is 65.8 Å². The number of amides is 1. The molecule has 2 N–H and O–H groups in total. The van der Waals surface area contributed by atoms with E-state index in [1.165, 1.54) is 31.5 Å². The molecule has 142 valence electrons. The van der Waals surface area contributed by atoms with Crippen molar-refractivity contribution in [3.63, 3.8) is 0 Å². The number of fused-ring (bicyclic) bond motifs is 1. The maximum Gasteiger partial charge on any atom is 0.270 e. The summed E-state index contributed by atoms with van der Waals surface area (Å²) in [6.07, 6.45) is 1.31. The number of hydrogen-bond donors (Lipinski definition) is 2. The van der Waals surface area contributed by atoms with Gasteiger partial charge in [-0.25, -0.2) is 5.43 Å². The highest BCUT2D eigenvalue weighted by molar-refractivity contribution is 5.95. The number of nitro benzene ring substituents is 1. The highest BCUT2D eigenvalue weighted by Gasteiger charge is 2.10. The van der Waals surface area contributed by atoms with E-state index in [2.05, 4.69) is 15.8 Å². The zero-order valence-electron chi connectivity index (χ0n) is 15.1. The van der Waals surface area contributed by atoms with Gasteiger partial charge < -0.3 is 10.1 Å². The third-order valence-electron chi connectivity index (χ3n) is 4.05. The number of carbonyl (C=O) groups excluding carboxylic acids is 1. The molecule has 0 radical (unpaired) electrons. The minimum absolute atomic E-state index is 0.0252. The molecule has 0 unspecified atom stereocenters. The van der Waals surface area contributed by atoms with E-state index in [0.717, 1.165) is 16.5 Å². The number of nitro groups is 1. The standard InChI is InChI=1S/C20H18N4O4/c1-28-19-10-9-16(24(26)27)11-15(19)12-22-23-20(25)13-21-18-8-4-6-14-5-2-3-7-17(14)18/h2-12,21H,13H2,1H3,(H,23,25). The zero-order valence-corrected chi connectivity index (χ0v) is 15.1. The fraction of sp³-hybridized carbons (Fsp3) is 0.100. The first-order chi connectivity index (χ1) is 13.6. The monoisotopic (exact) mass is 378 g/mol. The van der Waals surface area contributed by atoms with Gasteiger partial charge in [-0.3, -0.25) is 14.9 Å². The lowest BCUT2D eigenvalue weighted by atomic mass is 10.1. The molecule has 0 atom stereocenters. The highest BCUT2D eigenvalue weighted by atomic mass is 16.6. The molecule has 3 aromatic rings. The fourth-order valence-corrected chi connectivity index (χ4v) is 2.70. The van der Waals surface area contributed by atoms with E-state index in [4.69, 9.17) is 4.74 Å². The van der Waals surface area contributed by atoms with Gasteiger partial charge in [-0.2, -0.15) is 5.10 Å². The lowest BCUT2D eigenvalue weighted by Gasteiger charge is -2.09. The maximum absolute atomic E-state index is 12.0. The van der Waals surface area contributed by atoms with Crippen LogP contribution in [0.5, 0.6) is 5.75 Å². The summed E-state index contributed by atoms with van der Waals surface area (Å²) in [7, 11) is 1.45. The molecule has 0 saturated heterocycles. The van der Waals surface area contributed by atoms with Gasteiger partial charge in [-0.1, -0.05) is 36.4 Å². The molecule has 0 fully saturated rings. The second kappa shape index (κ2) is 8.63. The van der Waals surface area contributed by atoms with Crippen LogP contribution in [-0.2, 0) is 4.79 Å². The van der Waals surface area contributed by atoms with Gasteiger partial charge in [0.2, 0.25) is 0 Å². The number of anilines is 1. The van der Waals surface area contributed by atoms with Gasteiger partial charge in [-0.05, 0) is 17.5 Å². The predicted molar refractivity (Wildman–Crippen MR) is 108 cm³/mol. The fourth-order valence-electron chi connectivity index (χ4n) is 2.70. The van der Waals surface area contributed by atoms with Crippen molar-refractivity contribution in [1.29, 1.82) is 0 Å². The van der Waals surface area contributed by atoms with Gasteiger partial charge in [0, 0.05) is 28.8 Å². The number of rotatable bonds is 7. The lowest BCUT2D eigenvalue weighted by molar-refractivity contribution is -0.384. The molecule has 1 amide bonds. The minimum atomic E-state index is -0.510. The van der Waals surface area contributed by atoms with Crippen molar-refractivity contribution in [2.75, 3.05) is 19.0 Å². The summed E-state index contributed by atoms with van der Waals surface area (Å²) in [5.41, 5.74) is 3.53. The molecule has 28 heavy (non-hydrogen) atoms. The van der Waals surface area contributed by atoms with Crippen LogP contribution in [0.2, 0.25) is 0 Å². The predicted octanol–water partition coefficient (Wildman–Crippen LogP) is 3.32. The largest absolute Gasteiger partial charge is 0.496 e. The molecular weight excluding hydrogens is 360 g/mol. The van der Waals surface area contributed by atoms with Crippen molar-refractivity contribution in [3.8, 4) is 5.75 Å². The van der Waals surface area contributed by atoms with E-state index >= 15 is 0 Å². The molecule has 0 spiro atoms. The number of hydrogen-bond acceptors (Lipinski definition) is 6. The normalized spacial score (nSPS) is 10.8. The molecule has 8 nitrogen and oxygen atoms in total. The average molecular weight is 378 g/mol. The van der Waals surface area contributed by atoms with Gasteiger partial charge in [0.15, 0.2) is 0 Å². The second-order valence-corrected chi connectivity index (χ2v) is 5.86. The SMILES string of the molecule is COc1ccc([N+](=O)[O-])cc1C=NNC(=O)CNc1cccc2ccccc12. The maximum atomic E-state index is 12.0. The van der Waals surface area contributed by atoms with E-state index in [9.17, 15) is 14.9 Å². The molecule has 0 heterocycles. The first kappa shape index (κ1) is 18.8. The van der Waals surface area contributed by atoms with Gasteiger partial charge in [-0.15, -0.1) is 0 Å². The van der Waals surface area contributed by atoms with Crippen molar-refractivity contribution in [2.24, 2.45) is 5.10 Å². The van der Waals surface area contributed by atoms with Gasteiger partial charge in [0.1, 0.15) is 5.75 Å². The quantitative estimate of drug-likeness (QED) is 0.373. The topological polar surface area (TPSA) is 106 Å². The van der Waals surface area contributed by atoms with Crippen molar-refractivity contribution in [2.45, 2.75) is 0 Å². The van der Waals surface area contributed by atoms with E-state index in [-0.39, 0.29) is 18.1 Å². The Kier molecular flexibility index (Phi) is 5.81. The minimum Gasteiger partial charge on any atom is -0.496 e. The Morgan fingerprint density at radius 1 is 1.18 bits per heavy atom. The van der Waals surface area contributed by atoms with Crippen LogP contribution in [0.4, 0.5) is 11.4 Å². The van der Waals surface area contributed by atoms with Crippen molar-refractivity contribution < 1.29 is 14.5 Å². The number of nitrogens with one attached hydrogen (secondary N) is 2. The van der Waals surface area contributed by atoms with Gasteiger partial charge in [0.25, 0.3) is 11.6 Å². The average Bonchev–Trinajstić information content (AvgIpc) is 2.72. The summed E-state index contributed by atoms with van der Waals surface area (Å²) in [5, 5.41) is 19.9. The van der Waals surface area contributed by atoms with Crippen molar-refractivity contribution >= 4 is 34.3 Å². The van der Waals surface area contributed by atoms with Crippen LogP contribution in [0, 0.1) is 10.1 Å². The Balaban J connectivity index is 1.63. The van der Waals surface area contributed by atoms with Crippen LogP contribution in [-0.4, -0.2) is 30.7 Å². The molecule has 0 aliphatic heterocycles. The number of non-ortho nitro benzene ring substituents is 1. The Bertz CT molecular complexity index is 1040. The van der Waals surface area contributed by atoms with E-state index in [1.54, 1.807) is 0 Å². The Labute approximate surface area is 161 Å². The summed E-state index contributed by atoms with van der Waals surface area (Å²) < 4.78 is 5.14. The van der Waals surface area contributed by atoms with Crippen molar-refractivity contribution in [1.82, 2.24) is 5.43 Å². The molecule has 0 bridgehead atoms. The second-order valence-electron chi connectivity index (χ2n) is 5.86. The van der Waals surface area contributed by atoms with Crippen molar-refractivity contribution in [3.05, 3.63) is 76.3 Å². The number of hydrazone groups is 1. The number of benzene rings is 3. The highest BCUT2D eigenvalue weighted by Crippen LogP contribution is 2.23. The first-order valence-corrected chi connectivity index (χ1v) is 8.44. The molecule has 0 aliphatic carbocycles. The summed E-state index contributed by atoms with van der Waals surface area (Å²) in [4.78, 5) is 22.4. The number of ether oxygens (including phenoxy) is 1. The molecule has 3 rings (SSSR count). The Hall–Kier alpha value is -3.94. The Morgan fingerprint density at radius 2 is 1.96 bits per heavy atom. The van der Waals surface area contributed by atoms with Crippen LogP contribution < -0.4 is 15.5 Å². The molecule has 8 heteroatoms. The summed E-state index contributed by atoms with van der Waals surface area (Å²) in [6.45, 7) is 0.0252. The van der Waals surface area contributed by atoms with Gasteiger partial charge >= 0.3 is 0 Å². The van der Waals surface area contributed by atoms with Gasteiger partial charge in [0.05, 0.1) is 24.8 Å². The number of methoxy groups -OCH3 is 1. The van der Waals surface area contributed by atoms with E-state index in [0.29, 0.717) is 11.3 Å². The molecular formula is C20H18N4O4. The molecule has 0 saturated carbocycles. The lowest BCUT2D eigenvalue weighted by Crippen LogP contribution is -2.26. The van der Waals surface area contributed by atoms with Crippen LogP contribution in [0.3, 0.4) is 0 Å². The number of carbonyl (C=O) groups is 1. The zero-order chi connectivity index (χ0) is 19.9. The summed E-state index contributed by atoms with van der Waals surface area (Å²) in [5.74, 6) is 0.0612. The number of nitrogens with zero attached hydrogens (tertiary/aromatic N) is 2. The molecule has 0 aromatic heterocycles. The van der Waals surface area contributed by atoms with Crippen LogP contribution in [0.1, 0.15) is 5.56 Å². The Morgan fingerprint density at radius 3 is 2.75 bits per heavy atom. The molecule has 0 aliphatic rings. The smallest absolute Gasteiger partial charge is 0.270 e. The summed E-state index contributed by atoms with van der Waals surface area (Å²) >= 11 is 0. The third kappa shape index (κ3) is 4.42. The first-order valence-electron chi connectivity index (χ1n) is 8.44. The summed E-state index contributed by atoms with van der Waals surface area (Å²) in [6, 6.07) is 17.8. The van der Waals surface area contributed by atoms with Crippen LogP contribution in [0.25, 0.3) is 10.8 Å². The van der Waals surface area contributed by atoms with E-state index in [1.807, 2.05) is 42.5 Å². The third-order valence-corrected chi connectivity index (χ3v) is 4.05. The van der Waals surface area contributed by atoms with E-state index < -0.39 is 4.92 Å².